The molecule has 2 N–H and O–H groups in total. The van der Waals surface area contributed by atoms with Gasteiger partial charge in [0.05, 0.1) is 10.6 Å². The number of hydrogen-bond donors (Lipinski definition) is 1. The van der Waals surface area contributed by atoms with Crippen LogP contribution in [0.1, 0.15) is 5.56 Å². The molecule has 0 aliphatic carbocycles. The average Bonchev–Trinajstić information content (AvgIpc) is 2.29. The van der Waals surface area contributed by atoms with Crippen LogP contribution in [0.5, 0.6) is 0 Å². The van der Waals surface area contributed by atoms with E-state index in [9.17, 15) is 8.42 Å². The highest BCUT2D eigenvalue weighted by Crippen LogP contribution is 2.19. The van der Waals surface area contributed by atoms with Crippen LogP contribution in [-0.2, 0) is 15.6 Å². The Balaban J connectivity index is 2.30. The number of nitrogens with zero attached hydrogens (tertiary/aromatic N) is 1. The number of nitrogen functional groups attached to an aromatic ring is 1. The minimum atomic E-state index is -3.36. The molecule has 6 heteroatoms. The fourth-order valence-corrected chi connectivity index (χ4v) is 3.24. The zero-order valence-corrected chi connectivity index (χ0v) is 11.8. The SMILES string of the molecule is Nc1ccc(S(=O)(=O)Cc2cncc(Br)c2)cc1. The first kappa shape index (κ1) is 13.0. The smallest absolute Gasteiger partial charge is 0.182 e. The van der Waals surface area contributed by atoms with E-state index in [0.29, 0.717) is 11.3 Å². The largest absolute Gasteiger partial charge is 0.399 e. The first-order valence-corrected chi connectivity index (χ1v) is 7.60. The Morgan fingerprint density at radius 2 is 1.83 bits per heavy atom. The first-order valence-electron chi connectivity index (χ1n) is 5.15. The van der Waals surface area contributed by atoms with Gasteiger partial charge in [-0.15, -0.1) is 0 Å². The standard InChI is InChI=1S/C12H11BrN2O2S/c13-10-5-9(6-15-7-10)8-18(16,17)12-3-1-11(14)2-4-12/h1-7H,8,14H2. The van der Waals surface area contributed by atoms with Crippen LogP contribution >= 0.6 is 15.9 Å². The Hall–Kier alpha value is -1.40. The van der Waals surface area contributed by atoms with Gasteiger partial charge in [0.25, 0.3) is 0 Å². The van der Waals surface area contributed by atoms with Crippen molar-refractivity contribution in [2.24, 2.45) is 0 Å². The third kappa shape index (κ3) is 3.08. The maximum Gasteiger partial charge on any atom is 0.182 e. The van der Waals surface area contributed by atoms with Crippen LogP contribution in [0.15, 0.2) is 52.1 Å². The van der Waals surface area contributed by atoms with Crippen LogP contribution in [-0.4, -0.2) is 13.4 Å². The van der Waals surface area contributed by atoms with Gasteiger partial charge in [-0.25, -0.2) is 8.42 Å². The highest BCUT2D eigenvalue weighted by molar-refractivity contribution is 9.10. The number of nitrogens with two attached hydrogens (primary N) is 1. The van der Waals surface area contributed by atoms with Gasteiger partial charge in [-0.1, -0.05) is 0 Å². The molecule has 0 unspecified atom stereocenters. The molecule has 1 aromatic carbocycles. The molecular formula is C12H11BrN2O2S. The predicted molar refractivity (Wildman–Crippen MR) is 73.7 cm³/mol. The summed E-state index contributed by atoms with van der Waals surface area (Å²) in [7, 11) is -3.36. The Bertz CT molecular complexity index is 654. The summed E-state index contributed by atoms with van der Waals surface area (Å²) in [5.74, 6) is -0.0800. The van der Waals surface area contributed by atoms with E-state index in [1.54, 1.807) is 30.6 Å². The lowest BCUT2D eigenvalue weighted by atomic mass is 10.3. The molecule has 94 valence electrons. The number of anilines is 1. The molecule has 2 rings (SSSR count). The molecule has 1 heterocycles. The molecule has 0 saturated carbocycles. The van der Waals surface area contributed by atoms with Crippen molar-refractivity contribution in [1.29, 1.82) is 0 Å². The zero-order chi connectivity index (χ0) is 13.2. The van der Waals surface area contributed by atoms with Crippen molar-refractivity contribution in [3.63, 3.8) is 0 Å². The molecule has 0 aliphatic rings. The minimum Gasteiger partial charge on any atom is -0.399 e. The number of halogens is 1. The fraction of sp³-hybridized carbons (Fsp3) is 0.0833. The predicted octanol–water partition coefficient (Wildman–Crippen LogP) is 2.40. The van der Waals surface area contributed by atoms with Crippen molar-refractivity contribution in [3.05, 3.63) is 52.8 Å². The van der Waals surface area contributed by atoms with Gasteiger partial charge in [0.15, 0.2) is 9.84 Å². The van der Waals surface area contributed by atoms with E-state index < -0.39 is 9.84 Å². The van der Waals surface area contributed by atoms with Gasteiger partial charge < -0.3 is 5.73 Å². The van der Waals surface area contributed by atoms with Crippen LogP contribution in [0.3, 0.4) is 0 Å². The number of rotatable bonds is 3. The molecule has 0 fully saturated rings. The molecule has 4 nitrogen and oxygen atoms in total. The quantitative estimate of drug-likeness (QED) is 0.879. The first-order chi connectivity index (χ1) is 8.47. The highest BCUT2D eigenvalue weighted by Gasteiger charge is 2.15. The summed E-state index contributed by atoms with van der Waals surface area (Å²) in [4.78, 5) is 4.21. The molecular weight excluding hydrogens is 316 g/mol. The van der Waals surface area contributed by atoms with Crippen LogP contribution in [0.4, 0.5) is 5.69 Å². The van der Waals surface area contributed by atoms with E-state index in [-0.39, 0.29) is 10.6 Å². The van der Waals surface area contributed by atoms with Crippen molar-refractivity contribution in [2.75, 3.05) is 5.73 Å². The fourth-order valence-electron chi connectivity index (χ4n) is 1.51. The molecule has 18 heavy (non-hydrogen) atoms. The van der Waals surface area contributed by atoms with Crippen LogP contribution in [0.25, 0.3) is 0 Å². The summed E-state index contributed by atoms with van der Waals surface area (Å²) < 4.78 is 25.0. The lowest BCUT2D eigenvalue weighted by molar-refractivity contribution is 0.595. The summed E-state index contributed by atoms with van der Waals surface area (Å²) in [6, 6.07) is 7.91. The molecule has 0 aliphatic heterocycles. The highest BCUT2D eigenvalue weighted by atomic mass is 79.9. The second-order valence-corrected chi connectivity index (χ2v) is 6.74. The van der Waals surface area contributed by atoms with Crippen molar-refractivity contribution < 1.29 is 8.42 Å². The lowest BCUT2D eigenvalue weighted by Crippen LogP contribution is -2.05. The van der Waals surface area contributed by atoms with Gasteiger partial charge >= 0.3 is 0 Å². The number of aromatic nitrogens is 1. The summed E-state index contributed by atoms with van der Waals surface area (Å²) in [5, 5.41) is 0. The third-order valence-corrected chi connectivity index (χ3v) is 4.49. The van der Waals surface area contributed by atoms with Crippen LogP contribution in [0, 0.1) is 0 Å². The Morgan fingerprint density at radius 1 is 1.17 bits per heavy atom. The van der Waals surface area contributed by atoms with Gasteiger partial charge in [0, 0.05) is 22.6 Å². The summed E-state index contributed by atoms with van der Waals surface area (Å²) in [5.41, 5.74) is 6.71. The van der Waals surface area contributed by atoms with E-state index in [0.717, 1.165) is 4.47 Å². The van der Waals surface area contributed by atoms with E-state index in [1.807, 2.05) is 0 Å². The van der Waals surface area contributed by atoms with Gasteiger partial charge in [-0.3, -0.25) is 4.98 Å². The van der Waals surface area contributed by atoms with E-state index >= 15 is 0 Å². The normalized spacial score (nSPS) is 11.4. The number of pyridine rings is 1. The zero-order valence-electron chi connectivity index (χ0n) is 9.38. The third-order valence-electron chi connectivity index (χ3n) is 2.36. The monoisotopic (exact) mass is 326 g/mol. The second-order valence-electron chi connectivity index (χ2n) is 3.84. The Kier molecular flexibility index (Phi) is 3.68. The molecule has 2 aromatic rings. The van der Waals surface area contributed by atoms with Crippen molar-refractivity contribution >= 4 is 31.5 Å². The van der Waals surface area contributed by atoms with Gasteiger partial charge in [0.2, 0.25) is 0 Å². The van der Waals surface area contributed by atoms with E-state index in [2.05, 4.69) is 20.9 Å². The summed E-state index contributed by atoms with van der Waals surface area (Å²) in [6.07, 6.45) is 3.15. The Labute approximate surface area is 114 Å². The van der Waals surface area contributed by atoms with E-state index in [4.69, 9.17) is 5.73 Å². The molecule has 0 amide bonds. The number of benzene rings is 1. The van der Waals surface area contributed by atoms with Crippen LogP contribution < -0.4 is 5.73 Å². The number of hydrogen-bond acceptors (Lipinski definition) is 4. The second kappa shape index (κ2) is 5.07. The molecule has 1 aromatic heterocycles. The van der Waals surface area contributed by atoms with Crippen molar-refractivity contribution in [3.8, 4) is 0 Å². The van der Waals surface area contributed by atoms with Crippen molar-refractivity contribution in [2.45, 2.75) is 10.6 Å². The van der Waals surface area contributed by atoms with Crippen LogP contribution in [0.2, 0.25) is 0 Å². The average molecular weight is 327 g/mol. The molecule has 0 bridgehead atoms. The Morgan fingerprint density at radius 3 is 2.44 bits per heavy atom. The van der Waals surface area contributed by atoms with Gasteiger partial charge in [-0.2, -0.15) is 0 Å². The molecule has 0 radical (unpaired) electrons. The van der Waals surface area contributed by atoms with Crippen molar-refractivity contribution in [1.82, 2.24) is 4.98 Å². The van der Waals surface area contributed by atoms with E-state index in [1.165, 1.54) is 12.1 Å². The topological polar surface area (TPSA) is 73.1 Å². The summed E-state index contributed by atoms with van der Waals surface area (Å²) in [6.45, 7) is 0. The molecule has 0 saturated heterocycles. The molecule has 0 atom stereocenters. The maximum absolute atomic E-state index is 12.1. The number of sulfone groups is 1. The summed E-state index contributed by atoms with van der Waals surface area (Å²) >= 11 is 3.26. The van der Waals surface area contributed by atoms with Gasteiger partial charge in [0.1, 0.15) is 0 Å². The lowest BCUT2D eigenvalue weighted by Gasteiger charge is -2.05. The maximum atomic E-state index is 12.1. The van der Waals surface area contributed by atoms with Gasteiger partial charge in [-0.05, 0) is 51.8 Å². The molecule has 0 spiro atoms. The minimum absolute atomic E-state index is 0.0800.